The molecule has 0 bridgehead atoms. The number of anilines is 1. The molecule has 0 heterocycles. The fourth-order valence-corrected chi connectivity index (χ4v) is 5.81. The SMILES string of the molecule is Cc1ccc(N(CC(=O)N[C@@H](C)c2ccc3c(c2)CCCC3)S(=O)(=O)c2ccc(C)cc2)cc1. The van der Waals surface area contributed by atoms with Crippen LogP contribution in [0.25, 0.3) is 0 Å². The third-order valence-electron chi connectivity index (χ3n) is 6.47. The first-order chi connectivity index (χ1) is 16.2. The summed E-state index contributed by atoms with van der Waals surface area (Å²) in [5.41, 5.74) is 6.23. The van der Waals surface area contributed by atoms with Gasteiger partial charge < -0.3 is 5.32 Å². The number of nitrogens with zero attached hydrogens (tertiary/aromatic N) is 1. The molecule has 6 heteroatoms. The van der Waals surface area contributed by atoms with E-state index in [9.17, 15) is 13.2 Å². The molecule has 1 N–H and O–H groups in total. The van der Waals surface area contributed by atoms with Crippen molar-refractivity contribution in [3.8, 4) is 0 Å². The molecule has 1 atom stereocenters. The average Bonchev–Trinajstić information content (AvgIpc) is 2.83. The zero-order chi connectivity index (χ0) is 24.3. The van der Waals surface area contributed by atoms with Crippen LogP contribution in [0.15, 0.2) is 71.6 Å². The second kappa shape index (κ2) is 10.0. The number of sulfonamides is 1. The number of nitrogens with one attached hydrogen (secondary N) is 1. The van der Waals surface area contributed by atoms with Gasteiger partial charge in [-0.15, -0.1) is 0 Å². The largest absolute Gasteiger partial charge is 0.348 e. The van der Waals surface area contributed by atoms with Gasteiger partial charge in [-0.25, -0.2) is 8.42 Å². The van der Waals surface area contributed by atoms with Gasteiger partial charge in [0.05, 0.1) is 16.6 Å². The van der Waals surface area contributed by atoms with Crippen LogP contribution < -0.4 is 9.62 Å². The van der Waals surface area contributed by atoms with Crippen molar-refractivity contribution in [1.29, 1.82) is 0 Å². The van der Waals surface area contributed by atoms with E-state index in [0.29, 0.717) is 5.69 Å². The lowest BCUT2D eigenvalue weighted by Gasteiger charge is -2.25. The predicted octanol–water partition coefficient (Wildman–Crippen LogP) is 5.25. The molecule has 34 heavy (non-hydrogen) atoms. The molecule has 178 valence electrons. The second-order valence-electron chi connectivity index (χ2n) is 9.18. The summed E-state index contributed by atoms with van der Waals surface area (Å²) in [5, 5.41) is 3.00. The number of carbonyl (C=O) groups excluding carboxylic acids is 1. The highest BCUT2D eigenvalue weighted by Gasteiger charge is 2.27. The van der Waals surface area contributed by atoms with Gasteiger partial charge >= 0.3 is 0 Å². The number of amides is 1. The Labute approximate surface area is 202 Å². The van der Waals surface area contributed by atoms with Crippen molar-refractivity contribution in [3.63, 3.8) is 0 Å². The van der Waals surface area contributed by atoms with Gasteiger partial charge in [0, 0.05) is 0 Å². The third-order valence-corrected chi connectivity index (χ3v) is 8.26. The minimum atomic E-state index is -3.92. The number of benzene rings is 3. The monoisotopic (exact) mass is 476 g/mol. The number of hydrogen-bond acceptors (Lipinski definition) is 3. The first-order valence-electron chi connectivity index (χ1n) is 11.8. The zero-order valence-electron chi connectivity index (χ0n) is 20.0. The molecule has 1 aliphatic rings. The minimum Gasteiger partial charge on any atom is -0.348 e. The van der Waals surface area contributed by atoms with Crippen molar-refractivity contribution < 1.29 is 13.2 Å². The van der Waals surface area contributed by atoms with Crippen LogP contribution >= 0.6 is 0 Å². The summed E-state index contributed by atoms with van der Waals surface area (Å²) in [6.07, 6.45) is 4.60. The van der Waals surface area contributed by atoms with Crippen LogP contribution in [0.3, 0.4) is 0 Å². The molecule has 1 aliphatic carbocycles. The highest BCUT2D eigenvalue weighted by atomic mass is 32.2. The van der Waals surface area contributed by atoms with Crippen molar-refractivity contribution in [2.45, 2.75) is 57.4 Å². The van der Waals surface area contributed by atoms with Crippen LogP contribution in [0.5, 0.6) is 0 Å². The van der Waals surface area contributed by atoms with Gasteiger partial charge in [-0.3, -0.25) is 9.10 Å². The highest BCUT2D eigenvalue weighted by Crippen LogP contribution is 2.26. The molecule has 0 saturated carbocycles. The Bertz CT molecular complexity index is 1270. The number of aryl methyl sites for hydroxylation is 4. The molecule has 0 radical (unpaired) electrons. The van der Waals surface area contributed by atoms with Crippen LogP contribution in [0.1, 0.15) is 53.6 Å². The number of rotatable bonds is 7. The molecule has 3 aromatic carbocycles. The van der Waals surface area contributed by atoms with E-state index in [-0.39, 0.29) is 23.4 Å². The van der Waals surface area contributed by atoms with Crippen molar-refractivity contribution in [3.05, 3.63) is 94.5 Å². The maximum absolute atomic E-state index is 13.5. The van der Waals surface area contributed by atoms with Crippen LogP contribution in [0.4, 0.5) is 5.69 Å². The molecule has 5 nitrogen and oxygen atoms in total. The van der Waals surface area contributed by atoms with Gasteiger partial charge in [-0.2, -0.15) is 0 Å². The fourth-order valence-electron chi connectivity index (χ4n) is 4.39. The van der Waals surface area contributed by atoms with Gasteiger partial charge in [-0.05, 0) is 87.4 Å². The summed E-state index contributed by atoms with van der Waals surface area (Å²) < 4.78 is 28.2. The normalized spacial score (nSPS) is 14.2. The number of fused-ring (bicyclic) bond motifs is 1. The Morgan fingerprint density at radius 2 is 1.47 bits per heavy atom. The average molecular weight is 477 g/mol. The summed E-state index contributed by atoms with van der Waals surface area (Å²) >= 11 is 0. The highest BCUT2D eigenvalue weighted by molar-refractivity contribution is 7.92. The van der Waals surface area contributed by atoms with Crippen LogP contribution in [-0.2, 0) is 27.7 Å². The summed E-state index contributed by atoms with van der Waals surface area (Å²) in [5.74, 6) is -0.346. The molecule has 1 amide bonds. The maximum Gasteiger partial charge on any atom is 0.264 e. The molecular weight excluding hydrogens is 444 g/mol. The molecule has 0 aliphatic heterocycles. The zero-order valence-corrected chi connectivity index (χ0v) is 20.9. The van der Waals surface area contributed by atoms with Crippen LogP contribution in [0, 0.1) is 13.8 Å². The molecule has 0 unspecified atom stereocenters. The first-order valence-corrected chi connectivity index (χ1v) is 13.3. The van der Waals surface area contributed by atoms with Crippen LogP contribution in [-0.4, -0.2) is 20.9 Å². The molecule has 0 fully saturated rings. The minimum absolute atomic E-state index is 0.161. The van der Waals surface area contributed by atoms with Crippen molar-refractivity contribution >= 4 is 21.6 Å². The molecule has 4 rings (SSSR count). The third kappa shape index (κ3) is 5.33. The van der Waals surface area contributed by atoms with Gasteiger partial charge in [0.2, 0.25) is 5.91 Å². The number of hydrogen-bond donors (Lipinski definition) is 1. The van der Waals surface area contributed by atoms with E-state index in [1.54, 1.807) is 36.4 Å². The number of carbonyl (C=O) groups is 1. The van der Waals surface area contributed by atoms with E-state index in [0.717, 1.165) is 29.5 Å². The lowest BCUT2D eigenvalue weighted by Crippen LogP contribution is -2.41. The Morgan fingerprint density at radius 3 is 2.12 bits per heavy atom. The van der Waals surface area contributed by atoms with E-state index >= 15 is 0 Å². The quantitative estimate of drug-likeness (QED) is 0.506. The van der Waals surface area contributed by atoms with E-state index in [1.807, 2.05) is 32.9 Å². The van der Waals surface area contributed by atoms with Crippen molar-refractivity contribution in [2.24, 2.45) is 0 Å². The maximum atomic E-state index is 13.5. The molecule has 0 aromatic heterocycles. The Morgan fingerprint density at radius 1 is 0.882 bits per heavy atom. The summed E-state index contributed by atoms with van der Waals surface area (Å²) in [4.78, 5) is 13.2. The van der Waals surface area contributed by atoms with Crippen molar-refractivity contribution in [2.75, 3.05) is 10.8 Å². The Hall–Kier alpha value is -3.12. The van der Waals surface area contributed by atoms with Gasteiger partial charge in [0.15, 0.2) is 0 Å². The molecule has 3 aromatic rings. The van der Waals surface area contributed by atoms with Gasteiger partial charge in [0.1, 0.15) is 6.54 Å². The van der Waals surface area contributed by atoms with E-state index in [2.05, 4.69) is 23.5 Å². The molecule has 0 saturated heterocycles. The van der Waals surface area contributed by atoms with Gasteiger partial charge in [0.25, 0.3) is 10.0 Å². The van der Waals surface area contributed by atoms with Gasteiger partial charge in [-0.1, -0.05) is 53.6 Å². The summed E-state index contributed by atoms with van der Waals surface area (Å²) in [7, 11) is -3.92. The predicted molar refractivity (Wildman–Crippen MR) is 137 cm³/mol. The standard InChI is InChI=1S/C28H32N2O3S/c1-20-8-14-26(15-9-20)30(34(32,33)27-16-10-21(2)11-17-27)19-28(31)29-22(3)24-13-12-23-6-4-5-7-25(23)18-24/h8-18,22H,4-7,19H2,1-3H3,(H,29,31)/t22-/m0/s1. The Kier molecular flexibility index (Phi) is 7.08. The molecular formula is C28H32N2O3S. The first kappa shape index (κ1) is 24.0. The van der Waals surface area contributed by atoms with E-state index in [4.69, 9.17) is 0 Å². The lowest BCUT2D eigenvalue weighted by atomic mass is 9.89. The van der Waals surface area contributed by atoms with E-state index in [1.165, 1.54) is 28.3 Å². The van der Waals surface area contributed by atoms with E-state index < -0.39 is 10.0 Å². The Balaban J connectivity index is 1.56. The van der Waals surface area contributed by atoms with Crippen LogP contribution in [0.2, 0.25) is 0 Å². The molecule has 0 spiro atoms. The summed E-state index contributed by atoms with van der Waals surface area (Å²) in [6, 6.07) is 20.0. The smallest absolute Gasteiger partial charge is 0.264 e. The summed E-state index contributed by atoms with van der Waals surface area (Å²) in [6.45, 7) is 5.49. The lowest BCUT2D eigenvalue weighted by molar-refractivity contribution is -0.120. The van der Waals surface area contributed by atoms with Crippen molar-refractivity contribution in [1.82, 2.24) is 5.32 Å². The second-order valence-corrected chi connectivity index (χ2v) is 11.0. The fraction of sp³-hybridized carbons (Fsp3) is 0.321. The topological polar surface area (TPSA) is 66.5 Å².